The predicted molar refractivity (Wildman–Crippen MR) is 171 cm³/mol. The molecule has 3 aromatic rings. The van der Waals surface area contributed by atoms with Crippen LogP contribution in [0.3, 0.4) is 0 Å². The van der Waals surface area contributed by atoms with Gasteiger partial charge in [0.15, 0.2) is 0 Å². The molecule has 0 spiro atoms. The van der Waals surface area contributed by atoms with Gasteiger partial charge in [-0.3, -0.25) is 25.2 Å². The van der Waals surface area contributed by atoms with E-state index in [1.807, 2.05) is 56.5 Å². The van der Waals surface area contributed by atoms with Crippen LogP contribution in [0.15, 0.2) is 60.0 Å². The molecule has 2 unspecified atom stereocenters. The van der Waals surface area contributed by atoms with Crippen LogP contribution < -0.4 is 16.2 Å². The molecule has 0 aliphatic carbocycles. The van der Waals surface area contributed by atoms with Gasteiger partial charge >= 0.3 is 6.09 Å². The van der Waals surface area contributed by atoms with Crippen LogP contribution in [0.25, 0.3) is 0 Å². The Hall–Kier alpha value is -4.25. The zero-order chi connectivity index (χ0) is 32.5. The van der Waals surface area contributed by atoms with Gasteiger partial charge in [-0.1, -0.05) is 50.2 Å². The Morgan fingerprint density at radius 2 is 1.66 bits per heavy atom. The largest absolute Gasteiger partial charge is 0.444 e. The Kier molecular flexibility index (Phi) is 11.6. The van der Waals surface area contributed by atoms with Gasteiger partial charge in [-0.25, -0.2) is 9.78 Å². The molecule has 4 rings (SSSR count). The Morgan fingerprint density at radius 1 is 0.977 bits per heavy atom. The van der Waals surface area contributed by atoms with E-state index in [9.17, 15) is 19.2 Å². The number of nitrogens with one attached hydrogen (secondary N) is 3. The summed E-state index contributed by atoms with van der Waals surface area (Å²) in [5, 5.41) is 5.54. The fourth-order valence-corrected chi connectivity index (χ4v) is 5.73. The summed E-state index contributed by atoms with van der Waals surface area (Å²) >= 11 is 1.55. The van der Waals surface area contributed by atoms with Crippen molar-refractivity contribution in [3.8, 4) is 0 Å². The molecule has 236 valence electrons. The molecule has 0 bridgehead atoms. The molecule has 4 amide bonds. The molecule has 1 aromatic heterocycles. The van der Waals surface area contributed by atoms with Crippen molar-refractivity contribution >= 4 is 35.2 Å². The van der Waals surface area contributed by atoms with E-state index in [1.54, 1.807) is 62.1 Å². The third-order valence-corrected chi connectivity index (χ3v) is 7.84. The number of aromatic nitrogens is 1. The minimum atomic E-state index is -1.45. The van der Waals surface area contributed by atoms with Crippen molar-refractivity contribution in [2.45, 2.75) is 84.9 Å². The first kappa shape index (κ1) is 34.2. The smallest absolute Gasteiger partial charge is 0.408 e. The summed E-state index contributed by atoms with van der Waals surface area (Å²) in [6.07, 6.45) is 1.10. The number of carbonyl (C=O) groups is 4. The molecule has 2 atom stereocenters. The SMILES string of the molecule is CC.Cc1csc(C2CCCN2C(=O)c2cccc(C(=O)NNC(=O)C(C)(Cc3ccccc3)NC(=O)OC(C)(C)C)c2)n1. The lowest BCUT2D eigenvalue weighted by Crippen LogP contribution is -2.61. The number of amides is 4. The molecule has 1 aliphatic heterocycles. The molecule has 3 N–H and O–H groups in total. The summed E-state index contributed by atoms with van der Waals surface area (Å²) in [7, 11) is 0. The van der Waals surface area contributed by atoms with Crippen LogP contribution >= 0.6 is 11.3 Å². The standard InChI is InChI=1S/C31H37N5O5S.C2H6/c1-20-19-42-26(32-20)24-15-10-16-36(24)27(38)23-14-9-13-22(17-23)25(37)34-35-28(39)31(5,18-21-11-7-6-8-12-21)33-29(40)41-30(2,3)4;1-2/h6-9,11-14,17,19,24H,10,15-16,18H2,1-5H3,(H,33,40)(H,34,37)(H,35,39);1-2H3. The summed E-state index contributed by atoms with van der Waals surface area (Å²) < 4.78 is 5.37. The zero-order valence-corrected chi connectivity index (χ0v) is 27.3. The quantitative estimate of drug-likeness (QED) is 0.289. The second kappa shape index (κ2) is 15.0. The number of aryl methyl sites for hydroxylation is 1. The van der Waals surface area contributed by atoms with Crippen molar-refractivity contribution in [3.05, 3.63) is 87.4 Å². The fourth-order valence-electron chi connectivity index (χ4n) is 4.79. The van der Waals surface area contributed by atoms with Gasteiger partial charge < -0.3 is 15.0 Å². The van der Waals surface area contributed by atoms with Crippen molar-refractivity contribution < 1.29 is 23.9 Å². The topological polar surface area (TPSA) is 130 Å². The number of benzene rings is 2. The highest BCUT2D eigenvalue weighted by atomic mass is 32.1. The Labute approximate surface area is 263 Å². The van der Waals surface area contributed by atoms with Crippen molar-refractivity contribution in [1.29, 1.82) is 0 Å². The molecular formula is C33H43N5O5S. The number of thiazole rings is 1. The van der Waals surface area contributed by atoms with E-state index in [-0.39, 0.29) is 23.9 Å². The first-order valence-corrected chi connectivity index (χ1v) is 15.7. The summed E-state index contributed by atoms with van der Waals surface area (Å²) in [6.45, 7) is 13.3. The summed E-state index contributed by atoms with van der Waals surface area (Å²) in [6, 6.07) is 15.5. The highest BCUT2D eigenvalue weighted by Crippen LogP contribution is 2.34. The van der Waals surface area contributed by atoms with Gasteiger partial charge in [0.1, 0.15) is 16.1 Å². The van der Waals surface area contributed by atoms with Crippen molar-refractivity contribution in [1.82, 2.24) is 26.1 Å². The van der Waals surface area contributed by atoms with Gasteiger partial charge in [-0.2, -0.15) is 0 Å². The van der Waals surface area contributed by atoms with Gasteiger partial charge in [0.2, 0.25) is 0 Å². The van der Waals surface area contributed by atoms with Gasteiger partial charge in [-0.05, 0) is 71.2 Å². The minimum Gasteiger partial charge on any atom is -0.444 e. The van der Waals surface area contributed by atoms with E-state index >= 15 is 0 Å². The van der Waals surface area contributed by atoms with Crippen LogP contribution in [0.5, 0.6) is 0 Å². The molecule has 1 aliphatic rings. The third kappa shape index (κ3) is 9.12. The fraction of sp³-hybridized carbons (Fsp3) is 0.424. The van der Waals surface area contributed by atoms with Gasteiger partial charge in [0, 0.05) is 35.2 Å². The van der Waals surface area contributed by atoms with Crippen LogP contribution in [-0.2, 0) is 16.0 Å². The van der Waals surface area contributed by atoms with Crippen LogP contribution in [0.1, 0.15) is 97.4 Å². The average molecular weight is 622 g/mol. The van der Waals surface area contributed by atoms with Crippen LogP contribution in [0.4, 0.5) is 4.79 Å². The zero-order valence-electron chi connectivity index (χ0n) is 26.5. The normalized spacial score (nSPS) is 15.7. The lowest BCUT2D eigenvalue weighted by molar-refractivity contribution is -0.127. The van der Waals surface area contributed by atoms with Crippen molar-refractivity contribution in [3.63, 3.8) is 0 Å². The second-order valence-electron chi connectivity index (χ2n) is 11.6. The number of hydrazine groups is 1. The monoisotopic (exact) mass is 621 g/mol. The Balaban J connectivity index is 0.00000259. The predicted octanol–water partition coefficient (Wildman–Crippen LogP) is 5.74. The molecule has 10 nitrogen and oxygen atoms in total. The number of hydrogen-bond donors (Lipinski definition) is 3. The van der Waals surface area contributed by atoms with Gasteiger partial charge in [0.25, 0.3) is 17.7 Å². The number of alkyl carbamates (subject to hydrolysis) is 1. The average Bonchev–Trinajstić information content (AvgIpc) is 3.65. The number of nitrogens with zero attached hydrogens (tertiary/aromatic N) is 2. The third-order valence-electron chi connectivity index (χ3n) is 6.78. The second-order valence-corrected chi connectivity index (χ2v) is 12.5. The lowest BCUT2D eigenvalue weighted by Gasteiger charge is -2.31. The maximum atomic E-state index is 13.4. The first-order valence-electron chi connectivity index (χ1n) is 14.8. The van der Waals surface area contributed by atoms with Crippen LogP contribution in [0, 0.1) is 6.92 Å². The molecule has 1 saturated heterocycles. The van der Waals surface area contributed by atoms with Gasteiger partial charge in [-0.15, -0.1) is 11.3 Å². The van der Waals surface area contributed by atoms with Gasteiger partial charge in [0.05, 0.1) is 6.04 Å². The number of carbonyl (C=O) groups excluding carboxylic acids is 4. The molecule has 2 aromatic carbocycles. The van der Waals surface area contributed by atoms with E-state index in [0.29, 0.717) is 12.1 Å². The molecule has 2 heterocycles. The maximum Gasteiger partial charge on any atom is 0.408 e. The lowest BCUT2D eigenvalue weighted by atomic mass is 9.92. The number of ether oxygens (including phenoxy) is 1. The highest BCUT2D eigenvalue weighted by Gasteiger charge is 2.37. The summed E-state index contributed by atoms with van der Waals surface area (Å²) in [5.41, 5.74) is 4.94. The Bertz CT molecular complexity index is 1450. The van der Waals surface area contributed by atoms with E-state index in [0.717, 1.165) is 29.1 Å². The summed E-state index contributed by atoms with van der Waals surface area (Å²) in [5.74, 6) is -1.43. The number of rotatable bonds is 7. The van der Waals surface area contributed by atoms with Crippen molar-refractivity contribution in [2.75, 3.05) is 6.54 Å². The summed E-state index contributed by atoms with van der Waals surface area (Å²) in [4.78, 5) is 58.8. The molecular weight excluding hydrogens is 578 g/mol. The Morgan fingerprint density at radius 3 is 2.30 bits per heavy atom. The van der Waals surface area contributed by atoms with Crippen LogP contribution in [0.2, 0.25) is 0 Å². The van der Waals surface area contributed by atoms with E-state index in [4.69, 9.17) is 4.74 Å². The number of likely N-dealkylation sites (tertiary alicyclic amines) is 1. The maximum absolute atomic E-state index is 13.4. The highest BCUT2D eigenvalue weighted by molar-refractivity contribution is 7.09. The first-order chi connectivity index (χ1) is 20.8. The minimum absolute atomic E-state index is 0.0901. The van der Waals surface area contributed by atoms with Crippen molar-refractivity contribution in [2.24, 2.45) is 0 Å². The van der Waals surface area contributed by atoms with Crippen LogP contribution in [-0.4, -0.2) is 51.4 Å². The van der Waals surface area contributed by atoms with E-state index < -0.39 is 29.0 Å². The number of hydrogen-bond acceptors (Lipinski definition) is 7. The molecule has 11 heteroatoms. The van der Waals surface area contributed by atoms with E-state index in [1.165, 1.54) is 6.07 Å². The molecule has 0 saturated carbocycles. The molecule has 44 heavy (non-hydrogen) atoms. The van der Waals surface area contributed by atoms with E-state index in [2.05, 4.69) is 21.2 Å². The molecule has 1 fully saturated rings. The molecule has 0 radical (unpaired) electrons.